The molecular formula is C16H19BrN2O3S2. The van der Waals surface area contributed by atoms with Crippen molar-refractivity contribution in [3.8, 4) is 0 Å². The Hall–Kier alpha value is -0.860. The number of hydrogen-bond donors (Lipinski definition) is 0. The minimum atomic E-state index is -3.05. The smallest absolute Gasteiger partial charge is 0.253 e. The Morgan fingerprint density at radius 1 is 1.33 bits per heavy atom. The Labute approximate surface area is 155 Å². The minimum Gasteiger partial charge on any atom is -0.316 e. The normalized spacial score (nSPS) is 27.5. The molecule has 8 heteroatoms. The molecule has 2 fully saturated rings. The van der Waals surface area contributed by atoms with Gasteiger partial charge in [-0.15, -0.1) is 0 Å². The van der Waals surface area contributed by atoms with E-state index in [2.05, 4.69) is 20.9 Å². The Kier molecular flexibility index (Phi) is 4.59. The maximum Gasteiger partial charge on any atom is 0.253 e. The Balaban J connectivity index is 2.03. The molecule has 2 aliphatic heterocycles. The molecule has 0 bridgehead atoms. The highest BCUT2D eigenvalue weighted by molar-refractivity contribution is 9.10. The molecule has 0 radical (unpaired) electrons. The van der Waals surface area contributed by atoms with Crippen LogP contribution < -0.4 is 4.90 Å². The summed E-state index contributed by atoms with van der Waals surface area (Å²) in [4.78, 5) is 18.6. The van der Waals surface area contributed by atoms with Crippen LogP contribution in [0.2, 0.25) is 0 Å². The van der Waals surface area contributed by atoms with Crippen LogP contribution in [-0.2, 0) is 14.6 Å². The minimum absolute atomic E-state index is 0.0829. The fourth-order valence-electron chi connectivity index (χ4n) is 2.75. The van der Waals surface area contributed by atoms with Gasteiger partial charge in [0.1, 0.15) is 0 Å². The molecule has 0 aliphatic carbocycles. The Morgan fingerprint density at radius 3 is 2.67 bits per heavy atom. The van der Waals surface area contributed by atoms with Crippen molar-refractivity contribution in [1.82, 2.24) is 0 Å². The molecule has 1 aromatic carbocycles. The first kappa shape index (κ1) is 17.9. The number of carbonyl (C=O) groups excluding carboxylic acids is 1. The first-order chi connectivity index (χ1) is 11.1. The highest BCUT2D eigenvalue weighted by Crippen LogP contribution is 2.41. The number of aliphatic imine (C=N–C) groups is 1. The molecule has 0 saturated carbocycles. The van der Waals surface area contributed by atoms with Gasteiger partial charge in [-0.25, -0.2) is 8.42 Å². The third-order valence-electron chi connectivity index (χ3n) is 3.99. The molecule has 0 aromatic heterocycles. The number of halogens is 1. The summed E-state index contributed by atoms with van der Waals surface area (Å²) in [5.74, 6) is 0.0305. The predicted molar refractivity (Wildman–Crippen MR) is 102 cm³/mol. The molecule has 1 aromatic rings. The Bertz CT molecular complexity index is 815. The van der Waals surface area contributed by atoms with Gasteiger partial charge in [-0.3, -0.25) is 4.79 Å². The first-order valence-corrected chi connectivity index (χ1v) is 11.1. The van der Waals surface area contributed by atoms with Crippen LogP contribution >= 0.6 is 27.7 Å². The van der Waals surface area contributed by atoms with Gasteiger partial charge in [0.15, 0.2) is 15.0 Å². The summed E-state index contributed by atoms with van der Waals surface area (Å²) in [6.07, 6.45) is 0. The van der Waals surface area contributed by atoms with Gasteiger partial charge < -0.3 is 4.90 Å². The molecule has 24 heavy (non-hydrogen) atoms. The summed E-state index contributed by atoms with van der Waals surface area (Å²) in [6.45, 7) is 5.48. The monoisotopic (exact) mass is 430 g/mol. The van der Waals surface area contributed by atoms with Gasteiger partial charge in [-0.1, -0.05) is 54.5 Å². The summed E-state index contributed by atoms with van der Waals surface area (Å²) in [6, 6.07) is 7.46. The lowest BCUT2D eigenvalue weighted by atomic mass is 9.96. The highest BCUT2D eigenvalue weighted by atomic mass is 79.9. The molecule has 2 atom stereocenters. The van der Waals surface area contributed by atoms with Crippen LogP contribution in [0, 0.1) is 5.41 Å². The second-order valence-corrected chi connectivity index (χ2v) is 11.4. The lowest BCUT2D eigenvalue weighted by molar-refractivity contribution is -0.124. The van der Waals surface area contributed by atoms with Crippen LogP contribution in [0.5, 0.6) is 0 Å². The fourth-order valence-corrected chi connectivity index (χ4v) is 7.05. The number of anilines is 1. The summed E-state index contributed by atoms with van der Waals surface area (Å²) in [5, 5.41) is 0.512. The number of carbonyl (C=O) groups is 1. The lowest BCUT2D eigenvalue weighted by Gasteiger charge is -2.25. The van der Waals surface area contributed by atoms with Gasteiger partial charge in [0.2, 0.25) is 0 Å². The van der Waals surface area contributed by atoms with E-state index < -0.39 is 15.3 Å². The van der Waals surface area contributed by atoms with Gasteiger partial charge >= 0.3 is 0 Å². The third-order valence-corrected chi connectivity index (χ3v) is 7.69. The number of benzene rings is 1. The van der Waals surface area contributed by atoms with E-state index in [1.54, 1.807) is 0 Å². The number of amidine groups is 1. The molecular weight excluding hydrogens is 412 g/mol. The van der Waals surface area contributed by atoms with E-state index in [4.69, 9.17) is 0 Å². The van der Waals surface area contributed by atoms with Crippen molar-refractivity contribution in [3.63, 3.8) is 0 Å². The SMILES string of the molecule is CC(C)(C)C(=O)N=C1SC2CS(=O)(=O)CC2N1c1cccc(Br)c1. The molecule has 3 rings (SSSR count). The second-order valence-electron chi connectivity index (χ2n) is 7.10. The molecule has 2 heterocycles. The zero-order valence-electron chi connectivity index (χ0n) is 13.7. The zero-order valence-corrected chi connectivity index (χ0v) is 16.9. The number of nitrogens with zero attached hydrogens (tertiary/aromatic N) is 2. The maximum absolute atomic E-state index is 12.4. The number of fused-ring (bicyclic) bond motifs is 1. The van der Waals surface area contributed by atoms with Gasteiger partial charge in [0.25, 0.3) is 5.91 Å². The van der Waals surface area contributed by atoms with Crippen LogP contribution in [0.1, 0.15) is 20.8 Å². The zero-order chi connectivity index (χ0) is 17.7. The van der Waals surface area contributed by atoms with Crippen molar-refractivity contribution in [2.45, 2.75) is 32.1 Å². The van der Waals surface area contributed by atoms with E-state index in [9.17, 15) is 13.2 Å². The fraction of sp³-hybridized carbons (Fsp3) is 0.500. The van der Waals surface area contributed by atoms with Crippen molar-refractivity contribution in [2.75, 3.05) is 16.4 Å². The number of thioether (sulfide) groups is 1. The van der Waals surface area contributed by atoms with E-state index in [-0.39, 0.29) is 28.7 Å². The number of rotatable bonds is 1. The largest absolute Gasteiger partial charge is 0.316 e. The van der Waals surface area contributed by atoms with Gasteiger partial charge in [0, 0.05) is 20.8 Å². The number of hydrogen-bond acceptors (Lipinski definition) is 4. The predicted octanol–water partition coefficient (Wildman–Crippen LogP) is 3.10. The molecule has 0 spiro atoms. The van der Waals surface area contributed by atoms with Crippen molar-refractivity contribution in [3.05, 3.63) is 28.7 Å². The average Bonchev–Trinajstić information content (AvgIpc) is 2.88. The maximum atomic E-state index is 12.4. The van der Waals surface area contributed by atoms with E-state index in [0.717, 1.165) is 10.2 Å². The van der Waals surface area contributed by atoms with E-state index in [1.807, 2.05) is 49.9 Å². The second kappa shape index (κ2) is 6.14. The standard InChI is InChI=1S/C16H19BrN2O3S2/c1-16(2,3)14(20)18-15-19(11-6-4-5-10(17)7-11)12-8-24(21,22)9-13(12)23-15/h4-7,12-13H,8-9H2,1-3H3. The third kappa shape index (κ3) is 3.55. The summed E-state index contributed by atoms with van der Waals surface area (Å²) >= 11 is 4.85. The van der Waals surface area contributed by atoms with Crippen LogP contribution in [0.25, 0.3) is 0 Å². The topological polar surface area (TPSA) is 66.8 Å². The molecule has 2 aliphatic rings. The van der Waals surface area contributed by atoms with Crippen LogP contribution in [-0.4, -0.2) is 42.3 Å². The molecule has 1 amide bonds. The van der Waals surface area contributed by atoms with E-state index in [1.165, 1.54) is 11.8 Å². The van der Waals surface area contributed by atoms with Gasteiger partial charge in [-0.2, -0.15) is 4.99 Å². The summed E-state index contributed by atoms with van der Waals surface area (Å²) in [5.41, 5.74) is 0.280. The summed E-state index contributed by atoms with van der Waals surface area (Å²) in [7, 11) is -3.05. The first-order valence-electron chi connectivity index (χ1n) is 7.62. The lowest BCUT2D eigenvalue weighted by Crippen LogP contribution is -2.38. The molecule has 5 nitrogen and oxygen atoms in total. The van der Waals surface area contributed by atoms with Crippen molar-refractivity contribution >= 4 is 54.3 Å². The molecule has 2 unspecified atom stereocenters. The average molecular weight is 431 g/mol. The van der Waals surface area contributed by atoms with Crippen molar-refractivity contribution in [2.24, 2.45) is 10.4 Å². The van der Waals surface area contributed by atoms with E-state index in [0.29, 0.717) is 5.17 Å². The molecule has 130 valence electrons. The van der Waals surface area contributed by atoms with Gasteiger partial charge in [0.05, 0.1) is 17.5 Å². The van der Waals surface area contributed by atoms with Crippen molar-refractivity contribution in [1.29, 1.82) is 0 Å². The highest BCUT2D eigenvalue weighted by Gasteiger charge is 2.49. The Morgan fingerprint density at radius 2 is 2.04 bits per heavy atom. The molecule has 0 N–H and O–H groups in total. The van der Waals surface area contributed by atoms with Crippen LogP contribution in [0.3, 0.4) is 0 Å². The molecule has 2 saturated heterocycles. The van der Waals surface area contributed by atoms with Crippen LogP contribution in [0.15, 0.2) is 33.7 Å². The van der Waals surface area contributed by atoms with Gasteiger partial charge in [-0.05, 0) is 18.2 Å². The van der Waals surface area contributed by atoms with Crippen molar-refractivity contribution < 1.29 is 13.2 Å². The summed E-state index contributed by atoms with van der Waals surface area (Å²) < 4.78 is 24.9. The number of amides is 1. The number of sulfone groups is 1. The van der Waals surface area contributed by atoms with Crippen LogP contribution in [0.4, 0.5) is 5.69 Å². The van der Waals surface area contributed by atoms with E-state index >= 15 is 0 Å². The quantitative estimate of drug-likeness (QED) is 0.684.